The standard InChI is InChI=1S/C11H14N2O5/c1-6(4-9(12)14)13-11(17)7-2-3-18-8(7)5-10(15)16/h2-3,6H,4-5H2,1H3,(H2,12,14)(H,13,17)(H,15,16). The van der Waals surface area contributed by atoms with Crippen LogP contribution >= 0.6 is 0 Å². The molecule has 98 valence electrons. The maximum Gasteiger partial charge on any atom is 0.311 e. The third-order valence-electron chi connectivity index (χ3n) is 2.19. The van der Waals surface area contributed by atoms with Gasteiger partial charge in [0.15, 0.2) is 0 Å². The first-order chi connectivity index (χ1) is 8.40. The molecular weight excluding hydrogens is 240 g/mol. The van der Waals surface area contributed by atoms with Crippen LogP contribution in [0.15, 0.2) is 16.7 Å². The average molecular weight is 254 g/mol. The Morgan fingerprint density at radius 3 is 2.72 bits per heavy atom. The number of carboxylic acid groups (broad SMARTS) is 1. The zero-order valence-electron chi connectivity index (χ0n) is 9.80. The van der Waals surface area contributed by atoms with Crippen molar-refractivity contribution >= 4 is 17.8 Å². The number of nitrogens with one attached hydrogen (secondary N) is 1. The van der Waals surface area contributed by atoms with Crippen LogP contribution in [0.2, 0.25) is 0 Å². The molecule has 0 radical (unpaired) electrons. The van der Waals surface area contributed by atoms with Gasteiger partial charge in [-0.3, -0.25) is 14.4 Å². The molecule has 1 unspecified atom stereocenters. The molecule has 7 nitrogen and oxygen atoms in total. The largest absolute Gasteiger partial charge is 0.481 e. The van der Waals surface area contributed by atoms with Gasteiger partial charge in [-0.05, 0) is 13.0 Å². The number of furan rings is 1. The van der Waals surface area contributed by atoms with Crippen molar-refractivity contribution in [3.8, 4) is 0 Å². The second kappa shape index (κ2) is 5.85. The van der Waals surface area contributed by atoms with Gasteiger partial charge in [0.1, 0.15) is 12.2 Å². The lowest BCUT2D eigenvalue weighted by molar-refractivity contribution is -0.136. The van der Waals surface area contributed by atoms with E-state index in [-0.39, 0.29) is 24.2 Å². The summed E-state index contributed by atoms with van der Waals surface area (Å²) in [4.78, 5) is 33.0. The Bertz CT molecular complexity index is 466. The Morgan fingerprint density at radius 2 is 2.17 bits per heavy atom. The fourth-order valence-electron chi connectivity index (χ4n) is 1.47. The summed E-state index contributed by atoms with van der Waals surface area (Å²) in [5.41, 5.74) is 5.14. The van der Waals surface area contributed by atoms with Gasteiger partial charge in [0.05, 0.1) is 11.8 Å². The van der Waals surface area contributed by atoms with Crippen molar-refractivity contribution in [3.05, 3.63) is 23.7 Å². The van der Waals surface area contributed by atoms with E-state index in [0.29, 0.717) is 0 Å². The number of hydrogen-bond donors (Lipinski definition) is 3. The van der Waals surface area contributed by atoms with Crippen molar-refractivity contribution in [2.45, 2.75) is 25.8 Å². The molecule has 7 heteroatoms. The van der Waals surface area contributed by atoms with Crippen molar-refractivity contribution in [2.75, 3.05) is 0 Å². The molecule has 0 aromatic carbocycles. The molecule has 0 aliphatic heterocycles. The predicted molar refractivity (Wildman–Crippen MR) is 60.8 cm³/mol. The minimum atomic E-state index is -1.09. The van der Waals surface area contributed by atoms with E-state index in [4.69, 9.17) is 15.3 Å². The highest BCUT2D eigenvalue weighted by atomic mass is 16.4. The number of carboxylic acids is 1. The van der Waals surface area contributed by atoms with Gasteiger partial charge in [0.25, 0.3) is 5.91 Å². The van der Waals surface area contributed by atoms with E-state index >= 15 is 0 Å². The summed E-state index contributed by atoms with van der Waals surface area (Å²) in [5.74, 6) is -2.04. The Balaban J connectivity index is 2.69. The molecule has 0 saturated heterocycles. The zero-order valence-corrected chi connectivity index (χ0v) is 9.80. The summed E-state index contributed by atoms with van der Waals surface area (Å²) in [7, 11) is 0. The fourth-order valence-corrected chi connectivity index (χ4v) is 1.47. The number of carbonyl (C=O) groups is 3. The van der Waals surface area contributed by atoms with E-state index in [2.05, 4.69) is 5.32 Å². The van der Waals surface area contributed by atoms with Gasteiger partial charge in [-0.2, -0.15) is 0 Å². The third-order valence-corrected chi connectivity index (χ3v) is 2.19. The minimum absolute atomic E-state index is 0.0118. The molecule has 18 heavy (non-hydrogen) atoms. The molecule has 4 N–H and O–H groups in total. The van der Waals surface area contributed by atoms with Crippen LogP contribution in [0.25, 0.3) is 0 Å². The molecular formula is C11H14N2O5. The van der Waals surface area contributed by atoms with Gasteiger partial charge < -0.3 is 20.6 Å². The van der Waals surface area contributed by atoms with E-state index in [1.807, 2.05) is 0 Å². The fraction of sp³-hybridized carbons (Fsp3) is 0.364. The lowest BCUT2D eigenvalue weighted by atomic mass is 10.1. The first kappa shape index (κ1) is 13.8. The van der Waals surface area contributed by atoms with Crippen LogP contribution in [-0.4, -0.2) is 28.9 Å². The van der Waals surface area contributed by atoms with Gasteiger partial charge in [-0.15, -0.1) is 0 Å². The lowest BCUT2D eigenvalue weighted by Gasteiger charge is -2.11. The van der Waals surface area contributed by atoms with E-state index in [9.17, 15) is 14.4 Å². The number of amides is 2. The average Bonchev–Trinajstić information content (AvgIpc) is 2.62. The maximum absolute atomic E-state index is 11.8. The quantitative estimate of drug-likeness (QED) is 0.654. The number of primary amides is 1. The Kier molecular flexibility index (Phi) is 4.47. The number of aliphatic carboxylic acids is 1. The second-order valence-electron chi connectivity index (χ2n) is 3.87. The Hall–Kier alpha value is -2.31. The summed E-state index contributed by atoms with van der Waals surface area (Å²) in [6.07, 6.45) is 0.879. The first-order valence-electron chi connectivity index (χ1n) is 5.27. The molecule has 1 atom stereocenters. The molecule has 1 aromatic heterocycles. The zero-order chi connectivity index (χ0) is 13.7. The molecule has 2 amide bonds. The predicted octanol–water partition coefficient (Wildman–Crippen LogP) is -0.0996. The van der Waals surface area contributed by atoms with E-state index < -0.39 is 23.8 Å². The summed E-state index contributed by atoms with van der Waals surface area (Å²) in [6, 6.07) is 0.951. The third kappa shape index (κ3) is 3.93. The second-order valence-corrected chi connectivity index (χ2v) is 3.87. The highest BCUT2D eigenvalue weighted by Gasteiger charge is 2.18. The van der Waals surface area contributed by atoms with E-state index in [1.165, 1.54) is 12.3 Å². The molecule has 1 heterocycles. The molecule has 0 fully saturated rings. The monoisotopic (exact) mass is 254 g/mol. The highest BCUT2D eigenvalue weighted by molar-refractivity contribution is 5.96. The minimum Gasteiger partial charge on any atom is -0.481 e. The van der Waals surface area contributed by atoms with Crippen LogP contribution in [0.4, 0.5) is 0 Å². The van der Waals surface area contributed by atoms with Crippen LogP contribution < -0.4 is 11.1 Å². The van der Waals surface area contributed by atoms with Crippen molar-refractivity contribution in [2.24, 2.45) is 5.73 Å². The number of hydrogen-bond acceptors (Lipinski definition) is 4. The van der Waals surface area contributed by atoms with Crippen LogP contribution in [0.5, 0.6) is 0 Å². The summed E-state index contributed by atoms with van der Waals surface area (Å²) < 4.78 is 4.93. The first-order valence-corrected chi connectivity index (χ1v) is 5.27. The molecule has 0 saturated carbocycles. The smallest absolute Gasteiger partial charge is 0.311 e. The van der Waals surface area contributed by atoms with Crippen LogP contribution in [0.1, 0.15) is 29.5 Å². The topological polar surface area (TPSA) is 123 Å². The molecule has 0 bridgehead atoms. The van der Waals surface area contributed by atoms with Crippen LogP contribution in [-0.2, 0) is 16.0 Å². The van der Waals surface area contributed by atoms with Crippen molar-refractivity contribution in [1.29, 1.82) is 0 Å². The van der Waals surface area contributed by atoms with E-state index in [1.54, 1.807) is 6.92 Å². The maximum atomic E-state index is 11.8. The molecule has 0 spiro atoms. The SMILES string of the molecule is CC(CC(N)=O)NC(=O)c1ccoc1CC(=O)O. The normalized spacial score (nSPS) is 11.8. The van der Waals surface area contributed by atoms with Crippen LogP contribution in [0.3, 0.4) is 0 Å². The number of rotatable bonds is 6. The summed E-state index contributed by atoms with van der Waals surface area (Å²) >= 11 is 0. The van der Waals surface area contributed by atoms with Gasteiger partial charge in [-0.25, -0.2) is 0 Å². The lowest BCUT2D eigenvalue weighted by Crippen LogP contribution is -2.36. The Labute approximate surface area is 103 Å². The summed E-state index contributed by atoms with van der Waals surface area (Å²) in [6.45, 7) is 1.62. The number of nitrogens with two attached hydrogens (primary N) is 1. The van der Waals surface area contributed by atoms with Crippen molar-refractivity contribution in [3.63, 3.8) is 0 Å². The van der Waals surface area contributed by atoms with Crippen LogP contribution in [0, 0.1) is 0 Å². The van der Waals surface area contributed by atoms with Crippen molar-refractivity contribution in [1.82, 2.24) is 5.32 Å². The highest BCUT2D eigenvalue weighted by Crippen LogP contribution is 2.11. The van der Waals surface area contributed by atoms with Gasteiger partial charge >= 0.3 is 5.97 Å². The van der Waals surface area contributed by atoms with E-state index in [0.717, 1.165) is 0 Å². The number of carbonyl (C=O) groups excluding carboxylic acids is 2. The summed E-state index contributed by atoms with van der Waals surface area (Å²) in [5, 5.41) is 11.2. The van der Waals surface area contributed by atoms with Gasteiger partial charge in [0.2, 0.25) is 5.91 Å². The molecule has 1 aromatic rings. The Morgan fingerprint density at radius 1 is 1.50 bits per heavy atom. The van der Waals surface area contributed by atoms with Crippen molar-refractivity contribution < 1.29 is 23.9 Å². The molecule has 0 aliphatic carbocycles. The molecule has 0 aliphatic rings. The van der Waals surface area contributed by atoms with Gasteiger partial charge in [-0.1, -0.05) is 0 Å². The molecule has 1 rings (SSSR count). The van der Waals surface area contributed by atoms with Gasteiger partial charge in [0, 0.05) is 12.5 Å².